The molecule has 158 valence electrons. The maximum absolute atomic E-state index is 6.25. The van der Waals surface area contributed by atoms with Gasteiger partial charge in [0.15, 0.2) is 0 Å². The van der Waals surface area contributed by atoms with Crippen LogP contribution in [0.25, 0.3) is 0 Å². The summed E-state index contributed by atoms with van der Waals surface area (Å²) in [4.78, 5) is 2.48. The third-order valence-electron chi connectivity index (χ3n) is 5.65. The average Bonchev–Trinajstić information content (AvgIpc) is 3.21. The van der Waals surface area contributed by atoms with E-state index in [-0.39, 0.29) is 5.41 Å². The molecular weight excluding hydrogens is 358 g/mol. The van der Waals surface area contributed by atoms with Gasteiger partial charge in [-0.25, -0.2) is 0 Å². The van der Waals surface area contributed by atoms with Gasteiger partial charge in [0.05, 0.1) is 0 Å². The highest BCUT2D eigenvalue weighted by molar-refractivity contribution is 5.43. The Morgan fingerprint density at radius 1 is 0.931 bits per heavy atom. The summed E-state index contributed by atoms with van der Waals surface area (Å²) >= 11 is 0. The molecule has 0 unspecified atom stereocenters. The number of ether oxygens (including phenoxy) is 2. The highest BCUT2D eigenvalue weighted by Crippen LogP contribution is 2.31. The van der Waals surface area contributed by atoms with Gasteiger partial charge in [-0.2, -0.15) is 0 Å². The number of nitrogens with zero attached hydrogens (tertiary/aromatic N) is 1. The molecule has 0 aliphatic carbocycles. The molecule has 3 heteroatoms. The van der Waals surface area contributed by atoms with Gasteiger partial charge < -0.3 is 9.47 Å². The van der Waals surface area contributed by atoms with Crippen molar-refractivity contribution in [2.75, 3.05) is 26.2 Å². The number of benzene rings is 2. The van der Waals surface area contributed by atoms with E-state index in [0.29, 0.717) is 0 Å². The lowest BCUT2D eigenvalue weighted by Crippen LogP contribution is -2.25. The first-order valence-corrected chi connectivity index (χ1v) is 11.2. The first-order valence-electron chi connectivity index (χ1n) is 11.2. The Bertz CT molecular complexity index is 755. The van der Waals surface area contributed by atoms with E-state index in [9.17, 15) is 0 Å². The molecular formula is C26H37NO2. The molecule has 0 saturated carbocycles. The lowest BCUT2D eigenvalue weighted by Gasteiger charge is -2.19. The molecule has 0 spiro atoms. The highest BCUT2D eigenvalue weighted by Gasteiger charge is 2.14. The van der Waals surface area contributed by atoms with Crippen molar-refractivity contribution < 1.29 is 9.47 Å². The molecule has 1 fully saturated rings. The molecule has 0 radical (unpaired) electrons. The second kappa shape index (κ2) is 10.2. The number of aryl methyl sites for hydroxylation is 1. The number of likely N-dealkylation sites (tertiary alicyclic amines) is 1. The fourth-order valence-electron chi connectivity index (χ4n) is 3.76. The van der Waals surface area contributed by atoms with E-state index in [2.05, 4.69) is 69.0 Å². The molecule has 1 aliphatic rings. The molecule has 0 bridgehead atoms. The molecule has 2 aromatic carbocycles. The summed E-state index contributed by atoms with van der Waals surface area (Å²) in [5.74, 6) is 2.78. The number of rotatable bonds is 9. The third kappa shape index (κ3) is 6.50. The van der Waals surface area contributed by atoms with Crippen molar-refractivity contribution in [1.29, 1.82) is 0 Å². The van der Waals surface area contributed by atoms with E-state index in [1.165, 1.54) is 43.5 Å². The maximum Gasteiger partial charge on any atom is 0.130 e. The molecule has 3 nitrogen and oxygen atoms in total. The van der Waals surface area contributed by atoms with E-state index in [1.54, 1.807) is 0 Å². The number of unbranched alkanes of at least 4 members (excludes halogenated alkanes) is 1. The van der Waals surface area contributed by atoms with Gasteiger partial charge in [0, 0.05) is 6.54 Å². The number of hydrogen-bond acceptors (Lipinski definition) is 3. The van der Waals surface area contributed by atoms with Gasteiger partial charge in [-0.1, -0.05) is 46.2 Å². The number of hydrogen-bond donors (Lipinski definition) is 0. The quantitative estimate of drug-likeness (QED) is 0.478. The summed E-state index contributed by atoms with van der Waals surface area (Å²) in [6, 6.07) is 14.7. The maximum atomic E-state index is 6.25. The topological polar surface area (TPSA) is 21.7 Å². The Kier molecular flexibility index (Phi) is 7.60. The minimum absolute atomic E-state index is 0.152. The van der Waals surface area contributed by atoms with Gasteiger partial charge >= 0.3 is 0 Å². The summed E-state index contributed by atoms with van der Waals surface area (Å²) in [6.45, 7) is 13.1. The monoisotopic (exact) mass is 395 g/mol. The Morgan fingerprint density at radius 3 is 2.28 bits per heavy atom. The van der Waals surface area contributed by atoms with Crippen LogP contribution in [0.15, 0.2) is 42.5 Å². The summed E-state index contributed by atoms with van der Waals surface area (Å²) in [5.41, 5.74) is 2.70. The van der Waals surface area contributed by atoms with Crippen LogP contribution in [0.1, 0.15) is 64.5 Å². The zero-order valence-electron chi connectivity index (χ0n) is 18.7. The van der Waals surface area contributed by atoms with Crippen LogP contribution < -0.4 is 9.47 Å². The van der Waals surface area contributed by atoms with Crippen LogP contribution in [0.4, 0.5) is 0 Å². The predicted molar refractivity (Wildman–Crippen MR) is 121 cm³/mol. The van der Waals surface area contributed by atoms with Crippen molar-refractivity contribution >= 4 is 0 Å². The van der Waals surface area contributed by atoms with Gasteiger partial charge in [-0.3, -0.25) is 4.90 Å². The SMILES string of the molecule is CCCCc1cc(OCCN2CCCC2)ccc1Oc1ccc(C(C)(C)C)cc1. The standard InChI is InChI=1S/C26H37NO2/c1-5-6-9-21-20-24(28-19-18-27-16-7-8-17-27)14-15-25(21)29-23-12-10-22(11-13-23)26(2,3)4/h10-15,20H,5-9,16-19H2,1-4H3. The van der Waals surface area contributed by atoms with Gasteiger partial charge in [-0.15, -0.1) is 0 Å². The van der Waals surface area contributed by atoms with Crippen molar-refractivity contribution in [2.24, 2.45) is 0 Å². The van der Waals surface area contributed by atoms with E-state index in [4.69, 9.17) is 9.47 Å². The van der Waals surface area contributed by atoms with Crippen molar-refractivity contribution in [3.8, 4) is 17.2 Å². The second-order valence-corrected chi connectivity index (χ2v) is 9.15. The van der Waals surface area contributed by atoms with Crippen molar-refractivity contribution in [1.82, 2.24) is 4.90 Å². The van der Waals surface area contributed by atoms with E-state index >= 15 is 0 Å². The lowest BCUT2D eigenvalue weighted by molar-refractivity contribution is 0.237. The lowest BCUT2D eigenvalue weighted by atomic mass is 9.87. The summed E-state index contributed by atoms with van der Waals surface area (Å²) in [5, 5.41) is 0. The molecule has 0 amide bonds. The third-order valence-corrected chi connectivity index (χ3v) is 5.65. The van der Waals surface area contributed by atoms with Crippen LogP contribution in [0.5, 0.6) is 17.2 Å². The molecule has 3 rings (SSSR count). The van der Waals surface area contributed by atoms with Crippen LogP contribution >= 0.6 is 0 Å². The van der Waals surface area contributed by atoms with Gasteiger partial charge in [0.2, 0.25) is 0 Å². The molecule has 0 atom stereocenters. The first-order chi connectivity index (χ1) is 14.0. The molecule has 29 heavy (non-hydrogen) atoms. The Labute approximate surface area is 177 Å². The summed E-state index contributed by atoms with van der Waals surface area (Å²) in [7, 11) is 0. The van der Waals surface area contributed by atoms with Crippen molar-refractivity contribution in [3.05, 3.63) is 53.6 Å². The van der Waals surface area contributed by atoms with Crippen LogP contribution in [0.3, 0.4) is 0 Å². The van der Waals surface area contributed by atoms with E-state index < -0.39 is 0 Å². The largest absolute Gasteiger partial charge is 0.492 e. The van der Waals surface area contributed by atoms with Gasteiger partial charge in [-0.05, 0) is 85.6 Å². The molecule has 1 saturated heterocycles. The smallest absolute Gasteiger partial charge is 0.130 e. The average molecular weight is 396 g/mol. The van der Waals surface area contributed by atoms with Crippen LogP contribution in [-0.4, -0.2) is 31.1 Å². The molecule has 0 N–H and O–H groups in total. The summed E-state index contributed by atoms with van der Waals surface area (Å²) < 4.78 is 12.3. The molecule has 0 aromatic heterocycles. The molecule has 2 aromatic rings. The fraction of sp³-hybridized carbons (Fsp3) is 0.538. The minimum Gasteiger partial charge on any atom is -0.492 e. The highest BCUT2D eigenvalue weighted by atomic mass is 16.5. The fourth-order valence-corrected chi connectivity index (χ4v) is 3.76. The minimum atomic E-state index is 0.152. The molecule has 1 heterocycles. The summed E-state index contributed by atoms with van der Waals surface area (Å²) in [6.07, 6.45) is 5.97. The molecule has 1 aliphatic heterocycles. The normalized spacial score (nSPS) is 14.9. The van der Waals surface area contributed by atoms with E-state index in [0.717, 1.165) is 43.2 Å². The second-order valence-electron chi connectivity index (χ2n) is 9.15. The predicted octanol–water partition coefficient (Wildman–Crippen LogP) is 6.59. The zero-order valence-corrected chi connectivity index (χ0v) is 18.7. The van der Waals surface area contributed by atoms with E-state index in [1.807, 2.05) is 6.07 Å². The Balaban J connectivity index is 1.66. The van der Waals surface area contributed by atoms with Crippen LogP contribution in [-0.2, 0) is 11.8 Å². The first kappa shape index (κ1) is 21.7. The Morgan fingerprint density at radius 2 is 1.62 bits per heavy atom. The van der Waals surface area contributed by atoms with Crippen molar-refractivity contribution in [3.63, 3.8) is 0 Å². The van der Waals surface area contributed by atoms with Crippen LogP contribution in [0, 0.1) is 0 Å². The zero-order chi connectivity index (χ0) is 20.7. The van der Waals surface area contributed by atoms with Gasteiger partial charge in [0.1, 0.15) is 23.9 Å². The van der Waals surface area contributed by atoms with Crippen LogP contribution in [0.2, 0.25) is 0 Å². The van der Waals surface area contributed by atoms with Crippen molar-refractivity contribution in [2.45, 2.75) is 65.2 Å². The Hall–Kier alpha value is -2.00. The van der Waals surface area contributed by atoms with Gasteiger partial charge in [0.25, 0.3) is 0 Å².